The van der Waals surface area contributed by atoms with Crippen LogP contribution in [0, 0.1) is 0 Å². The summed E-state index contributed by atoms with van der Waals surface area (Å²) >= 11 is 6.11. The molecule has 0 heterocycles. The average Bonchev–Trinajstić information content (AvgIpc) is 2.68. The van der Waals surface area contributed by atoms with Gasteiger partial charge in [0.15, 0.2) is 0 Å². The number of ether oxygens (including phenoxy) is 1. The summed E-state index contributed by atoms with van der Waals surface area (Å²) in [6, 6.07) is 10.2. The topological polar surface area (TPSA) is 92.8 Å². The number of benzene rings is 2. The van der Waals surface area contributed by atoms with E-state index in [2.05, 4.69) is 10.1 Å². The van der Waals surface area contributed by atoms with Crippen molar-refractivity contribution >= 4 is 44.9 Å². The van der Waals surface area contributed by atoms with Crippen molar-refractivity contribution in [2.24, 2.45) is 0 Å². The van der Waals surface area contributed by atoms with Crippen molar-refractivity contribution in [2.75, 3.05) is 23.0 Å². The number of nitrogens with zero attached hydrogens (tertiary/aromatic N) is 1. The molecule has 0 aliphatic rings. The lowest BCUT2D eigenvalue weighted by Crippen LogP contribution is -2.45. The number of hydrogen-bond donors (Lipinski definition) is 1. The van der Waals surface area contributed by atoms with Gasteiger partial charge in [-0.1, -0.05) is 30.7 Å². The fourth-order valence-electron chi connectivity index (χ4n) is 2.79. The van der Waals surface area contributed by atoms with Gasteiger partial charge in [0.25, 0.3) is 0 Å². The molecule has 2 aromatic rings. The van der Waals surface area contributed by atoms with Crippen molar-refractivity contribution in [3.63, 3.8) is 0 Å². The van der Waals surface area contributed by atoms with Crippen LogP contribution in [0.2, 0.25) is 5.02 Å². The SMILES string of the molecule is CCc1ccc(N([C@@H](C)C(=O)Nc2cc(C(=O)OC)ccc2Cl)S(C)(=O)=O)cc1. The van der Waals surface area contributed by atoms with Crippen molar-refractivity contribution in [3.8, 4) is 0 Å². The lowest BCUT2D eigenvalue weighted by molar-refractivity contribution is -0.116. The predicted octanol–water partition coefficient (Wildman–Crippen LogP) is 3.48. The molecule has 156 valence electrons. The van der Waals surface area contributed by atoms with Crippen LogP contribution in [-0.4, -0.2) is 39.7 Å². The van der Waals surface area contributed by atoms with Crippen molar-refractivity contribution in [1.29, 1.82) is 0 Å². The molecule has 0 unspecified atom stereocenters. The monoisotopic (exact) mass is 438 g/mol. The lowest BCUT2D eigenvalue weighted by Gasteiger charge is -2.28. The summed E-state index contributed by atoms with van der Waals surface area (Å²) in [6.07, 6.45) is 1.85. The van der Waals surface area contributed by atoms with Gasteiger partial charge in [-0.05, 0) is 49.2 Å². The number of esters is 1. The third kappa shape index (κ3) is 5.48. The number of sulfonamides is 1. The van der Waals surface area contributed by atoms with Crippen LogP contribution in [0.5, 0.6) is 0 Å². The maximum atomic E-state index is 12.8. The highest BCUT2D eigenvalue weighted by Gasteiger charge is 2.29. The molecule has 0 saturated carbocycles. The first-order valence-electron chi connectivity index (χ1n) is 8.85. The molecular formula is C20H23ClN2O5S. The number of methoxy groups -OCH3 is 1. The summed E-state index contributed by atoms with van der Waals surface area (Å²) in [7, 11) is -2.50. The first kappa shape index (κ1) is 22.7. The average molecular weight is 439 g/mol. The minimum absolute atomic E-state index is 0.182. The Bertz CT molecular complexity index is 1010. The Kier molecular flexibility index (Phi) is 7.26. The van der Waals surface area contributed by atoms with E-state index in [4.69, 9.17) is 11.6 Å². The quantitative estimate of drug-likeness (QED) is 0.668. The molecule has 1 amide bonds. The summed E-state index contributed by atoms with van der Waals surface area (Å²) in [6.45, 7) is 3.47. The fraction of sp³-hybridized carbons (Fsp3) is 0.300. The zero-order valence-corrected chi connectivity index (χ0v) is 18.2. The van der Waals surface area contributed by atoms with E-state index in [1.807, 2.05) is 19.1 Å². The molecule has 0 spiro atoms. The first-order valence-corrected chi connectivity index (χ1v) is 11.1. The van der Waals surface area contributed by atoms with Crippen LogP contribution in [0.15, 0.2) is 42.5 Å². The molecule has 2 aromatic carbocycles. The number of rotatable bonds is 7. The number of anilines is 2. The molecule has 0 saturated heterocycles. The standard InChI is InChI=1S/C20H23ClN2O5S/c1-5-14-6-9-16(10-7-14)23(29(4,26)27)13(2)19(24)22-18-12-15(20(25)28-3)8-11-17(18)21/h6-13H,5H2,1-4H3,(H,22,24)/t13-/m0/s1. The summed E-state index contributed by atoms with van der Waals surface area (Å²) in [4.78, 5) is 24.5. The maximum Gasteiger partial charge on any atom is 0.337 e. The van der Waals surface area contributed by atoms with E-state index < -0.39 is 27.9 Å². The predicted molar refractivity (Wildman–Crippen MR) is 114 cm³/mol. The number of aryl methyl sites for hydroxylation is 1. The summed E-state index contributed by atoms with van der Waals surface area (Å²) in [5, 5.41) is 2.79. The van der Waals surface area contributed by atoms with E-state index in [-0.39, 0.29) is 16.3 Å². The second-order valence-corrected chi connectivity index (χ2v) is 8.70. The molecule has 29 heavy (non-hydrogen) atoms. The van der Waals surface area contributed by atoms with E-state index in [0.717, 1.165) is 22.5 Å². The third-order valence-corrected chi connectivity index (χ3v) is 5.90. The number of nitrogens with one attached hydrogen (secondary N) is 1. The Labute approximate surface area is 175 Å². The molecule has 0 fully saturated rings. The minimum atomic E-state index is -3.74. The first-order chi connectivity index (χ1) is 13.6. The second kappa shape index (κ2) is 9.28. The number of hydrogen-bond acceptors (Lipinski definition) is 5. The van der Waals surface area contributed by atoms with Gasteiger partial charge < -0.3 is 10.1 Å². The van der Waals surface area contributed by atoms with Crippen LogP contribution in [0.25, 0.3) is 0 Å². The normalized spacial score (nSPS) is 12.2. The van der Waals surface area contributed by atoms with Gasteiger partial charge in [0.1, 0.15) is 6.04 Å². The zero-order valence-electron chi connectivity index (χ0n) is 16.6. The van der Waals surface area contributed by atoms with Crippen molar-refractivity contribution < 1.29 is 22.7 Å². The fourth-order valence-corrected chi connectivity index (χ4v) is 4.13. The Hall–Kier alpha value is -2.58. The number of carbonyl (C=O) groups excluding carboxylic acids is 2. The largest absolute Gasteiger partial charge is 0.465 e. The molecule has 1 N–H and O–H groups in total. The molecule has 7 nitrogen and oxygen atoms in total. The van der Waals surface area contributed by atoms with E-state index in [0.29, 0.717) is 5.69 Å². The van der Waals surface area contributed by atoms with Crippen LogP contribution < -0.4 is 9.62 Å². The van der Waals surface area contributed by atoms with E-state index in [1.165, 1.54) is 32.2 Å². The summed E-state index contributed by atoms with van der Waals surface area (Å²) < 4.78 is 30.5. The van der Waals surface area contributed by atoms with E-state index >= 15 is 0 Å². The van der Waals surface area contributed by atoms with Crippen molar-refractivity contribution in [3.05, 3.63) is 58.6 Å². The van der Waals surface area contributed by atoms with Gasteiger partial charge in [-0.2, -0.15) is 0 Å². The van der Waals surface area contributed by atoms with Crippen LogP contribution >= 0.6 is 11.6 Å². The van der Waals surface area contributed by atoms with Crippen molar-refractivity contribution in [1.82, 2.24) is 0 Å². The number of amides is 1. The van der Waals surface area contributed by atoms with Crippen LogP contribution in [0.4, 0.5) is 11.4 Å². The van der Waals surface area contributed by atoms with Gasteiger partial charge in [-0.25, -0.2) is 13.2 Å². The van der Waals surface area contributed by atoms with Gasteiger partial charge in [0.05, 0.1) is 35.3 Å². The molecule has 0 radical (unpaired) electrons. The third-order valence-electron chi connectivity index (χ3n) is 4.33. The highest BCUT2D eigenvalue weighted by molar-refractivity contribution is 7.92. The Morgan fingerprint density at radius 3 is 2.31 bits per heavy atom. The number of halogens is 1. The minimum Gasteiger partial charge on any atom is -0.465 e. The lowest BCUT2D eigenvalue weighted by atomic mass is 10.1. The molecule has 0 bridgehead atoms. The zero-order chi connectivity index (χ0) is 21.8. The van der Waals surface area contributed by atoms with Gasteiger partial charge in [-0.15, -0.1) is 0 Å². The van der Waals surface area contributed by atoms with Crippen LogP contribution in [0.3, 0.4) is 0 Å². The Morgan fingerprint density at radius 2 is 1.79 bits per heavy atom. The molecule has 1 atom stereocenters. The highest BCUT2D eigenvalue weighted by atomic mass is 35.5. The van der Waals surface area contributed by atoms with E-state index in [1.54, 1.807) is 12.1 Å². The highest BCUT2D eigenvalue weighted by Crippen LogP contribution is 2.26. The van der Waals surface area contributed by atoms with Crippen LogP contribution in [-0.2, 0) is 26.0 Å². The number of carbonyl (C=O) groups is 2. The van der Waals surface area contributed by atoms with Crippen LogP contribution in [0.1, 0.15) is 29.8 Å². The Morgan fingerprint density at radius 1 is 1.17 bits per heavy atom. The maximum absolute atomic E-state index is 12.8. The second-order valence-electron chi connectivity index (χ2n) is 6.43. The molecular weight excluding hydrogens is 416 g/mol. The molecule has 2 rings (SSSR count). The van der Waals surface area contributed by atoms with Gasteiger partial charge in [0, 0.05) is 0 Å². The molecule has 0 aliphatic heterocycles. The summed E-state index contributed by atoms with van der Waals surface area (Å²) in [5.74, 6) is -1.18. The summed E-state index contributed by atoms with van der Waals surface area (Å²) in [5.41, 5.74) is 1.81. The molecule has 0 aliphatic carbocycles. The molecule has 0 aromatic heterocycles. The van der Waals surface area contributed by atoms with Crippen molar-refractivity contribution in [2.45, 2.75) is 26.3 Å². The van der Waals surface area contributed by atoms with Gasteiger partial charge >= 0.3 is 5.97 Å². The van der Waals surface area contributed by atoms with Gasteiger partial charge in [-0.3, -0.25) is 9.10 Å². The van der Waals surface area contributed by atoms with E-state index in [9.17, 15) is 18.0 Å². The van der Waals surface area contributed by atoms with Gasteiger partial charge in [0.2, 0.25) is 15.9 Å². The Balaban J connectivity index is 2.33. The smallest absolute Gasteiger partial charge is 0.337 e. The molecule has 9 heteroatoms.